The molecule has 21 nitrogen and oxygen atoms in total. The fourth-order valence-electron chi connectivity index (χ4n) is 8.95. The maximum Gasteiger partial charge on any atom is 0.391 e. The third-order valence-electron chi connectivity index (χ3n) is 13.1. The van der Waals surface area contributed by atoms with Gasteiger partial charge < -0.3 is 51.4 Å². The molecule has 0 spiro atoms. The zero-order valence-corrected chi connectivity index (χ0v) is 53.5. The van der Waals surface area contributed by atoms with Crippen LogP contribution in [-0.4, -0.2) is 124 Å². The summed E-state index contributed by atoms with van der Waals surface area (Å²) < 4.78 is 58.7. The first-order valence-corrected chi connectivity index (χ1v) is 29.3. The summed E-state index contributed by atoms with van der Waals surface area (Å²) in [5, 5.41) is 18.9. The Kier molecular flexibility index (Phi) is 26.9. The number of aryl methyl sites for hydroxylation is 1. The van der Waals surface area contributed by atoms with Gasteiger partial charge in [0.25, 0.3) is 5.91 Å². The van der Waals surface area contributed by atoms with E-state index in [-0.39, 0.29) is 12.8 Å². The maximum atomic E-state index is 14.9. The number of carbonyl (C=O) groups excluding carboxylic acids is 11. The first-order chi connectivity index (χ1) is 40.4. The van der Waals surface area contributed by atoms with Crippen molar-refractivity contribution < 1.29 is 80.1 Å². The smallest absolute Gasteiger partial charge is 0.391 e. The quantitative estimate of drug-likeness (QED) is 0.0218. The number of ketones is 1. The largest absolute Gasteiger partial charge is 0.460 e. The molecule has 7 atom stereocenters. The molecule has 1 unspecified atom stereocenters. The van der Waals surface area contributed by atoms with Crippen molar-refractivity contribution in [3.8, 4) is 0 Å². The van der Waals surface area contributed by atoms with E-state index in [1.165, 1.54) is 6.92 Å². The predicted octanol–water partition coefficient (Wildman–Crippen LogP) is 7.07. The third kappa shape index (κ3) is 27.0. The Morgan fingerprint density at radius 3 is 1.53 bits per heavy atom. The second-order valence-corrected chi connectivity index (χ2v) is 26.4. The molecule has 0 aromatic heterocycles. The van der Waals surface area contributed by atoms with E-state index in [1.54, 1.807) is 152 Å². The number of fused-ring (bicyclic) bond motifs is 1. The molecule has 0 heterocycles. The molecule has 0 fully saturated rings. The van der Waals surface area contributed by atoms with Crippen LogP contribution in [-0.2, 0) is 73.4 Å². The number of nitrogens with one attached hydrogen (secondary N) is 7. The number of rotatable bonds is 28. The van der Waals surface area contributed by atoms with E-state index < -0.39 is 180 Å². The van der Waals surface area contributed by atoms with Crippen molar-refractivity contribution in [2.24, 2.45) is 11.3 Å². The highest BCUT2D eigenvalue weighted by atomic mass is 19.4. The molecule has 88 heavy (non-hydrogen) atoms. The zero-order valence-electron chi connectivity index (χ0n) is 53.5. The van der Waals surface area contributed by atoms with Crippen LogP contribution in [0.25, 0.3) is 10.8 Å². The van der Waals surface area contributed by atoms with Gasteiger partial charge >= 0.3 is 24.1 Å². The van der Waals surface area contributed by atoms with E-state index in [4.69, 9.17) is 14.2 Å². The van der Waals surface area contributed by atoms with Gasteiger partial charge in [-0.05, 0) is 134 Å². The normalized spacial score (nSPS) is 14.5. The minimum absolute atomic E-state index is 0.197. The highest BCUT2D eigenvalue weighted by Crippen LogP contribution is 2.26. The van der Waals surface area contributed by atoms with Crippen LogP contribution in [0.4, 0.5) is 13.2 Å². The number of benzene rings is 3. The van der Waals surface area contributed by atoms with Crippen LogP contribution in [0.1, 0.15) is 172 Å². The Balaban J connectivity index is 2.02. The Morgan fingerprint density at radius 2 is 0.977 bits per heavy atom. The Bertz CT molecular complexity index is 2990. The highest BCUT2D eigenvalue weighted by molar-refractivity contribution is 6.38. The first kappa shape index (κ1) is 74.3. The molecule has 0 bridgehead atoms. The van der Waals surface area contributed by atoms with Gasteiger partial charge in [-0.25, -0.2) is 0 Å². The Labute approximate surface area is 513 Å². The molecular weight excluding hydrogens is 1150 g/mol. The van der Waals surface area contributed by atoms with E-state index in [2.05, 4.69) is 37.2 Å². The molecule has 0 saturated heterocycles. The summed E-state index contributed by atoms with van der Waals surface area (Å²) in [6.07, 6.45) is -10.0. The minimum Gasteiger partial charge on any atom is -0.460 e. The highest BCUT2D eigenvalue weighted by Gasteiger charge is 2.42. The van der Waals surface area contributed by atoms with Crippen LogP contribution in [0.15, 0.2) is 66.7 Å². The van der Waals surface area contributed by atoms with E-state index in [1.807, 2.05) is 18.2 Å². The van der Waals surface area contributed by atoms with Crippen LogP contribution in [0.5, 0.6) is 0 Å². The molecule has 0 aliphatic rings. The average Bonchev–Trinajstić information content (AvgIpc) is 1.14. The molecule has 3 aromatic rings. The van der Waals surface area contributed by atoms with Gasteiger partial charge in [0.1, 0.15) is 53.1 Å². The van der Waals surface area contributed by atoms with Crippen LogP contribution in [0.2, 0.25) is 0 Å². The molecular formula is C64H90F3N7O14. The van der Waals surface area contributed by atoms with Gasteiger partial charge in [0.05, 0.1) is 25.3 Å². The molecule has 3 aromatic carbocycles. The topological polar surface area (TPSA) is 300 Å². The molecule has 0 aliphatic heterocycles. The number of carbonyl (C=O) groups is 11. The lowest BCUT2D eigenvalue weighted by atomic mass is 9.85. The van der Waals surface area contributed by atoms with Crippen molar-refractivity contribution in [2.75, 3.05) is 0 Å². The fourth-order valence-corrected chi connectivity index (χ4v) is 8.95. The molecule has 24 heteroatoms. The molecule has 7 N–H and O–H groups in total. The standard InChI is InChI=1S/C64H90F3N7O14/c1-36(2)31-44(55(81)73-47(35-64(65,66)67)52(79)58(84)68-38(4)41-26-25-39-22-19-20-24-42(39)32-41)72-59(85)53(60(5,6)7)74-57(83)45(33-40-23-18-17-21-37(40)3)71-54(80)43(27-29-49(76)86-61(8,9)10)70-56(82)46(34-51(78)88-63(14,15)16)69-48(75)28-30-50(77)87-62(11,12)13/h17-26,32,36,38,43-47,53H,27-31,33-35H2,1-16H3,(H,68,84)(H,69,75)(H,70,82)(H,71,80)(H,72,85)(H,73,81)(H,74,83)/t38-,43-,44-,45-,46-,47?,53+/m0/s1. The summed E-state index contributed by atoms with van der Waals surface area (Å²) in [6.45, 7) is 25.7. The maximum absolute atomic E-state index is 14.9. The summed E-state index contributed by atoms with van der Waals surface area (Å²) in [7, 11) is 0. The van der Waals surface area contributed by atoms with Crippen molar-refractivity contribution in [1.82, 2.24) is 37.2 Å². The van der Waals surface area contributed by atoms with E-state index in [0.717, 1.165) is 10.8 Å². The van der Waals surface area contributed by atoms with Crippen molar-refractivity contribution in [1.29, 1.82) is 0 Å². The lowest BCUT2D eigenvalue weighted by Gasteiger charge is -2.34. The van der Waals surface area contributed by atoms with Crippen LogP contribution < -0.4 is 37.2 Å². The first-order valence-electron chi connectivity index (χ1n) is 29.3. The monoisotopic (exact) mass is 1240 g/mol. The molecule has 486 valence electrons. The van der Waals surface area contributed by atoms with Gasteiger partial charge in [-0.3, -0.25) is 52.7 Å². The Morgan fingerprint density at radius 1 is 0.489 bits per heavy atom. The minimum atomic E-state index is -5.06. The summed E-state index contributed by atoms with van der Waals surface area (Å²) in [4.78, 5) is 152. The van der Waals surface area contributed by atoms with Crippen molar-refractivity contribution in [2.45, 2.75) is 227 Å². The van der Waals surface area contributed by atoms with Crippen LogP contribution >= 0.6 is 0 Å². The van der Waals surface area contributed by atoms with Gasteiger partial charge in [-0.2, -0.15) is 13.2 Å². The van der Waals surface area contributed by atoms with Gasteiger partial charge in [-0.15, -0.1) is 0 Å². The van der Waals surface area contributed by atoms with E-state index in [9.17, 15) is 65.9 Å². The lowest BCUT2D eigenvalue weighted by molar-refractivity contribution is -0.158. The number of amides is 7. The van der Waals surface area contributed by atoms with Crippen molar-refractivity contribution in [3.63, 3.8) is 0 Å². The number of hydrogen-bond acceptors (Lipinski definition) is 14. The molecule has 7 amide bonds. The van der Waals surface area contributed by atoms with Crippen molar-refractivity contribution >= 4 is 75.8 Å². The number of esters is 3. The average molecular weight is 1240 g/mol. The number of hydrogen-bond donors (Lipinski definition) is 7. The molecule has 0 radical (unpaired) electrons. The molecule has 3 rings (SSSR count). The summed E-state index contributed by atoms with van der Waals surface area (Å²) >= 11 is 0. The van der Waals surface area contributed by atoms with E-state index >= 15 is 0 Å². The summed E-state index contributed by atoms with van der Waals surface area (Å²) in [5.41, 5.74) is -2.34. The third-order valence-corrected chi connectivity index (χ3v) is 13.1. The zero-order chi connectivity index (χ0) is 66.9. The summed E-state index contributed by atoms with van der Waals surface area (Å²) in [6, 6.07) is 7.87. The SMILES string of the molecule is Cc1ccccc1C[C@H](NC(=O)[C@H](CCC(=O)OC(C)(C)C)NC(=O)[C@H](CC(=O)OC(C)(C)C)NC(=O)CCC(=O)OC(C)(C)C)C(=O)N[C@H](C(=O)N[C@@H](CC(C)C)C(=O)NC(CC(F)(F)F)C(=O)C(=O)N[C@@H](C)c1ccc2ccccc2c1)C(C)(C)C. The van der Waals surface area contributed by atoms with Gasteiger partial charge in [-0.1, -0.05) is 95.3 Å². The fraction of sp³-hybridized carbons (Fsp3) is 0.578. The Hall–Kier alpha value is -7.92. The lowest BCUT2D eigenvalue weighted by Crippen LogP contribution is -2.62. The molecule has 0 aliphatic carbocycles. The van der Waals surface area contributed by atoms with Crippen LogP contribution in [0.3, 0.4) is 0 Å². The number of halogens is 3. The van der Waals surface area contributed by atoms with E-state index in [0.29, 0.717) is 16.7 Å². The van der Waals surface area contributed by atoms with Crippen LogP contribution in [0, 0.1) is 18.3 Å². The number of Topliss-reactive ketones (excluding diaryl/α,β-unsaturated/α-hetero) is 1. The second kappa shape index (κ2) is 31.8. The number of alkyl halides is 3. The van der Waals surface area contributed by atoms with Gasteiger partial charge in [0.2, 0.25) is 41.2 Å². The van der Waals surface area contributed by atoms with Crippen molar-refractivity contribution in [3.05, 3.63) is 83.4 Å². The predicted molar refractivity (Wildman–Crippen MR) is 322 cm³/mol. The second-order valence-electron chi connectivity index (χ2n) is 26.4. The summed E-state index contributed by atoms with van der Waals surface area (Å²) in [5.74, 6) is -12.1. The molecule has 0 saturated carbocycles. The van der Waals surface area contributed by atoms with Gasteiger partial charge in [0, 0.05) is 19.3 Å². The van der Waals surface area contributed by atoms with Gasteiger partial charge in [0.15, 0.2) is 0 Å². The number of ether oxygens (including phenoxy) is 3.